The third kappa shape index (κ3) is 1.84. The van der Waals surface area contributed by atoms with Gasteiger partial charge in [-0.3, -0.25) is 0 Å². The predicted molar refractivity (Wildman–Crippen MR) is 47.8 cm³/mol. The highest BCUT2D eigenvalue weighted by Crippen LogP contribution is 2.19. The largest absolute Gasteiger partial charge is 0.369 e. The Morgan fingerprint density at radius 3 is 2.50 bits per heavy atom. The summed E-state index contributed by atoms with van der Waals surface area (Å²) in [5, 5.41) is 3.79. The minimum atomic E-state index is 0.584. The summed E-state index contributed by atoms with van der Waals surface area (Å²) in [4.78, 5) is 5.94. The van der Waals surface area contributed by atoms with Gasteiger partial charge in [0.1, 0.15) is 0 Å². The molecule has 0 spiro atoms. The number of hydrogen-bond acceptors (Lipinski definition) is 3. The molecular formula is C8H13N3O. The number of rotatable bonds is 2. The highest BCUT2D eigenvalue weighted by molar-refractivity contribution is 5.59. The zero-order valence-corrected chi connectivity index (χ0v) is 7.83. The van der Waals surface area contributed by atoms with E-state index in [1.54, 1.807) is 6.34 Å². The Hall–Kier alpha value is -1.32. The number of nitrogens with zero attached hydrogens (tertiary/aromatic N) is 3. The van der Waals surface area contributed by atoms with E-state index in [0.717, 1.165) is 11.3 Å². The van der Waals surface area contributed by atoms with Gasteiger partial charge in [-0.25, -0.2) is 4.99 Å². The molecule has 12 heavy (non-hydrogen) atoms. The first-order chi connectivity index (χ1) is 5.61. The molecule has 0 saturated heterocycles. The first-order valence-corrected chi connectivity index (χ1v) is 3.74. The maximum absolute atomic E-state index is 4.97. The van der Waals surface area contributed by atoms with E-state index in [0.29, 0.717) is 5.88 Å². The van der Waals surface area contributed by atoms with Crippen molar-refractivity contribution in [1.82, 2.24) is 10.1 Å². The number of aryl methyl sites for hydroxylation is 1. The second-order valence-corrected chi connectivity index (χ2v) is 2.91. The lowest BCUT2D eigenvalue weighted by molar-refractivity contribution is 0.424. The Labute approximate surface area is 71.9 Å². The molecule has 0 aromatic carbocycles. The van der Waals surface area contributed by atoms with E-state index in [1.807, 2.05) is 32.8 Å². The normalized spacial score (nSPS) is 11.0. The minimum Gasteiger partial charge on any atom is -0.369 e. The van der Waals surface area contributed by atoms with E-state index in [1.165, 1.54) is 0 Å². The quantitative estimate of drug-likeness (QED) is 0.495. The maximum atomic E-state index is 4.97. The van der Waals surface area contributed by atoms with E-state index >= 15 is 0 Å². The average Bonchev–Trinajstić information content (AvgIpc) is 2.30. The van der Waals surface area contributed by atoms with Crippen LogP contribution in [0.1, 0.15) is 11.3 Å². The first-order valence-electron chi connectivity index (χ1n) is 3.74. The summed E-state index contributed by atoms with van der Waals surface area (Å²) in [5.41, 5.74) is 1.88. The van der Waals surface area contributed by atoms with Crippen LogP contribution in [0.25, 0.3) is 0 Å². The van der Waals surface area contributed by atoms with Gasteiger partial charge < -0.3 is 9.42 Å². The van der Waals surface area contributed by atoms with Gasteiger partial charge >= 0.3 is 0 Å². The van der Waals surface area contributed by atoms with Crippen molar-refractivity contribution in [3.05, 3.63) is 11.3 Å². The Morgan fingerprint density at radius 1 is 1.42 bits per heavy atom. The molecule has 1 aromatic rings. The summed E-state index contributed by atoms with van der Waals surface area (Å²) in [6, 6.07) is 0. The highest BCUT2D eigenvalue weighted by atomic mass is 16.5. The second-order valence-electron chi connectivity index (χ2n) is 2.91. The van der Waals surface area contributed by atoms with E-state index < -0.39 is 0 Å². The molecule has 0 aliphatic rings. The molecule has 0 N–H and O–H groups in total. The zero-order chi connectivity index (χ0) is 9.14. The molecule has 0 fully saturated rings. The van der Waals surface area contributed by atoms with Crippen molar-refractivity contribution in [2.45, 2.75) is 13.8 Å². The van der Waals surface area contributed by atoms with E-state index in [2.05, 4.69) is 10.1 Å². The summed E-state index contributed by atoms with van der Waals surface area (Å²) >= 11 is 0. The maximum Gasteiger partial charge on any atom is 0.254 e. The molecule has 0 atom stereocenters. The monoisotopic (exact) mass is 167 g/mol. The second kappa shape index (κ2) is 3.38. The lowest BCUT2D eigenvalue weighted by Gasteiger charge is -2.00. The fourth-order valence-electron chi connectivity index (χ4n) is 0.692. The molecule has 1 heterocycles. The fourth-order valence-corrected chi connectivity index (χ4v) is 0.692. The van der Waals surface area contributed by atoms with Crippen molar-refractivity contribution in [1.29, 1.82) is 0 Å². The van der Waals surface area contributed by atoms with Gasteiger partial charge in [-0.05, 0) is 13.8 Å². The predicted octanol–water partition coefficient (Wildman–Crippen LogP) is 1.51. The highest BCUT2D eigenvalue weighted by Gasteiger charge is 2.04. The smallest absolute Gasteiger partial charge is 0.254 e. The molecule has 0 unspecified atom stereocenters. The van der Waals surface area contributed by atoms with Crippen molar-refractivity contribution in [2.75, 3.05) is 14.1 Å². The van der Waals surface area contributed by atoms with Crippen molar-refractivity contribution >= 4 is 12.2 Å². The van der Waals surface area contributed by atoms with Crippen molar-refractivity contribution < 1.29 is 4.52 Å². The molecule has 4 heteroatoms. The Morgan fingerprint density at radius 2 is 2.08 bits per heavy atom. The summed E-state index contributed by atoms with van der Waals surface area (Å²) < 4.78 is 4.97. The van der Waals surface area contributed by atoms with E-state index in [-0.39, 0.29) is 0 Å². The molecule has 4 nitrogen and oxygen atoms in total. The van der Waals surface area contributed by atoms with Gasteiger partial charge in [0, 0.05) is 19.7 Å². The molecule has 0 aliphatic heterocycles. The summed E-state index contributed by atoms with van der Waals surface area (Å²) in [6.07, 6.45) is 1.69. The molecule has 0 radical (unpaired) electrons. The fraction of sp³-hybridized carbons (Fsp3) is 0.500. The van der Waals surface area contributed by atoms with Crippen molar-refractivity contribution in [2.24, 2.45) is 4.99 Å². The third-order valence-electron chi connectivity index (χ3n) is 1.54. The van der Waals surface area contributed by atoms with Crippen LogP contribution in [0.4, 0.5) is 5.88 Å². The van der Waals surface area contributed by atoms with Crippen LogP contribution in [0.2, 0.25) is 0 Å². The summed E-state index contributed by atoms with van der Waals surface area (Å²) in [6.45, 7) is 3.84. The number of aliphatic imine (C=N–C) groups is 1. The molecule has 1 aromatic heterocycles. The van der Waals surface area contributed by atoms with Crippen LogP contribution in [0.15, 0.2) is 9.52 Å². The molecule has 0 aliphatic carbocycles. The lowest BCUT2D eigenvalue weighted by atomic mass is 10.3. The van der Waals surface area contributed by atoms with Crippen LogP contribution in [-0.2, 0) is 0 Å². The molecule has 0 saturated carbocycles. The molecule has 66 valence electrons. The van der Waals surface area contributed by atoms with Crippen molar-refractivity contribution in [3.8, 4) is 0 Å². The summed E-state index contributed by atoms with van der Waals surface area (Å²) in [5.74, 6) is 0.584. The van der Waals surface area contributed by atoms with Crippen LogP contribution in [0.3, 0.4) is 0 Å². The Balaban J connectivity index is 2.83. The SMILES string of the molecule is Cc1noc(/N=C/N(C)C)c1C. The average molecular weight is 167 g/mol. The van der Waals surface area contributed by atoms with Crippen LogP contribution in [0, 0.1) is 13.8 Å². The first kappa shape index (κ1) is 8.77. The topological polar surface area (TPSA) is 41.6 Å². The number of hydrogen-bond donors (Lipinski definition) is 0. The zero-order valence-electron chi connectivity index (χ0n) is 7.83. The van der Waals surface area contributed by atoms with Crippen LogP contribution < -0.4 is 0 Å². The van der Waals surface area contributed by atoms with Crippen molar-refractivity contribution in [3.63, 3.8) is 0 Å². The Bertz CT molecular complexity index is 288. The van der Waals surface area contributed by atoms with E-state index in [9.17, 15) is 0 Å². The third-order valence-corrected chi connectivity index (χ3v) is 1.54. The van der Waals surface area contributed by atoms with Crippen LogP contribution in [0.5, 0.6) is 0 Å². The molecule has 0 bridgehead atoms. The van der Waals surface area contributed by atoms with Crippen LogP contribution in [-0.4, -0.2) is 30.5 Å². The van der Waals surface area contributed by atoms with Gasteiger partial charge in [0.05, 0.1) is 12.0 Å². The van der Waals surface area contributed by atoms with Gasteiger partial charge in [-0.2, -0.15) is 0 Å². The Kier molecular flexibility index (Phi) is 2.47. The van der Waals surface area contributed by atoms with Gasteiger partial charge in [0.15, 0.2) is 0 Å². The van der Waals surface area contributed by atoms with E-state index in [4.69, 9.17) is 4.52 Å². The number of aromatic nitrogens is 1. The molecule has 0 amide bonds. The van der Waals surface area contributed by atoms with Gasteiger partial charge in [-0.1, -0.05) is 5.16 Å². The molecular weight excluding hydrogens is 154 g/mol. The van der Waals surface area contributed by atoms with Crippen LogP contribution >= 0.6 is 0 Å². The summed E-state index contributed by atoms with van der Waals surface area (Å²) in [7, 11) is 3.81. The lowest BCUT2D eigenvalue weighted by Crippen LogP contribution is -2.06. The standard InChI is InChI=1S/C8H13N3O/c1-6-7(2)10-12-8(6)9-5-11(3)4/h5H,1-4H3/b9-5+. The molecule has 1 rings (SSSR count). The van der Waals surface area contributed by atoms with Gasteiger partial charge in [-0.15, -0.1) is 0 Å². The van der Waals surface area contributed by atoms with Gasteiger partial charge in [0.25, 0.3) is 5.88 Å². The minimum absolute atomic E-state index is 0.584. The van der Waals surface area contributed by atoms with Gasteiger partial charge in [0.2, 0.25) is 0 Å².